The van der Waals surface area contributed by atoms with Crippen molar-refractivity contribution in [3.8, 4) is 0 Å². The molecule has 3 amide bonds. The third-order valence-corrected chi connectivity index (χ3v) is 6.18. The van der Waals surface area contributed by atoms with Gasteiger partial charge < -0.3 is 15.5 Å². The Labute approximate surface area is 188 Å². The van der Waals surface area contributed by atoms with Gasteiger partial charge >= 0.3 is 6.03 Å². The molecular weight excluding hydrogens is 434 g/mol. The van der Waals surface area contributed by atoms with Crippen molar-refractivity contribution in [1.82, 2.24) is 9.88 Å². The number of likely N-dealkylation sites (tertiary alicyclic amines) is 1. The van der Waals surface area contributed by atoms with Gasteiger partial charge in [0.1, 0.15) is 11.6 Å². The van der Waals surface area contributed by atoms with E-state index in [0.717, 1.165) is 17.4 Å². The Hall–Kier alpha value is -3.33. The van der Waals surface area contributed by atoms with Gasteiger partial charge in [0.15, 0.2) is 5.13 Å². The molecule has 2 heterocycles. The summed E-state index contributed by atoms with van der Waals surface area (Å²) in [6.45, 7) is 0.913. The second kappa shape index (κ2) is 9.86. The van der Waals surface area contributed by atoms with Gasteiger partial charge in [-0.15, -0.1) is 11.3 Å². The number of aromatic nitrogens is 1. The standard InChI is InChI=1S/C23H22F2N4O2S/c24-17-9-8-15(20(25)12-17)11-19-13-26-22(32-19)28-21(30)16-5-4-10-29(14-16)23(31)27-18-6-2-1-3-7-18/h1-3,6-9,12-13,16H,4-5,10-11,14H2,(H,27,31)(H,26,28,30). The number of nitrogens with one attached hydrogen (secondary N) is 2. The highest BCUT2D eigenvalue weighted by Crippen LogP contribution is 2.25. The van der Waals surface area contributed by atoms with Crippen LogP contribution >= 0.6 is 11.3 Å². The first-order valence-electron chi connectivity index (χ1n) is 10.3. The molecule has 166 valence electrons. The maximum atomic E-state index is 13.9. The van der Waals surface area contributed by atoms with E-state index in [-0.39, 0.29) is 24.3 Å². The second-order valence-corrected chi connectivity index (χ2v) is 8.73. The second-order valence-electron chi connectivity index (χ2n) is 7.61. The summed E-state index contributed by atoms with van der Waals surface area (Å²) in [5, 5.41) is 6.07. The molecule has 1 atom stereocenters. The molecule has 1 aliphatic rings. The van der Waals surface area contributed by atoms with Crippen LogP contribution in [0.15, 0.2) is 54.7 Å². The van der Waals surface area contributed by atoms with E-state index in [1.807, 2.05) is 30.3 Å². The zero-order valence-corrected chi connectivity index (χ0v) is 18.0. The number of para-hydroxylation sites is 1. The summed E-state index contributed by atoms with van der Waals surface area (Å²) >= 11 is 1.25. The minimum Gasteiger partial charge on any atom is -0.324 e. The summed E-state index contributed by atoms with van der Waals surface area (Å²) in [5.41, 5.74) is 1.07. The topological polar surface area (TPSA) is 74.3 Å². The molecule has 0 bridgehead atoms. The lowest BCUT2D eigenvalue weighted by atomic mass is 9.97. The summed E-state index contributed by atoms with van der Waals surface area (Å²) in [4.78, 5) is 31.9. The lowest BCUT2D eigenvalue weighted by Gasteiger charge is -2.31. The van der Waals surface area contributed by atoms with Crippen molar-refractivity contribution in [3.63, 3.8) is 0 Å². The van der Waals surface area contributed by atoms with Crippen molar-refractivity contribution >= 4 is 34.1 Å². The fourth-order valence-electron chi connectivity index (χ4n) is 3.61. The Morgan fingerprint density at radius 3 is 2.72 bits per heavy atom. The van der Waals surface area contributed by atoms with Gasteiger partial charge in [0.25, 0.3) is 0 Å². The van der Waals surface area contributed by atoms with Crippen LogP contribution in [0, 0.1) is 17.6 Å². The summed E-state index contributed by atoms with van der Waals surface area (Å²) in [6.07, 6.45) is 3.24. The highest BCUT2D eigenvalue weighted by atomic mass is 32.1. The van der Waals surface area contributed by atoms with Crippen molar-refractivity contribution in [3.05, 3.63) is 76.8 Å². The van der Waals surface area contributed by atoms with E-state index in [2.05, 4.69) is 15.6 Å². The highest BCUT2D eigenvalue weighted by Gasteiger charge is 2.29. The van der Waals surface area contributed by atoms with E-state index in [1.54, 1.807) is 11.1 Å². The molecule has 1 saturated heterocycles. The maximum Gasteiger partial charge on any atom is 0.321 e. The van der Waals surface area contributed by atoms with Gasteiger partial charge in [-0.2, -0.15) is 0 Å². The number of anilines is 2. The zero-order valence-electron chi connectivity index (χ0n) is 17.2. The van der Waals surface area contributed by atoms with Crippen LogP contribution in [-0.2, 0) is 11.2 Å². The van der Waals surface area contributed by atoms with Crippen LogP contribution in [0.3, 0.4) is 0 Å². The molecule has 0 aliphatic carbocycles. The average Bonchev–Trinajstić information content (AvgIpc) is 3.23. The average molecular weight is 457 g/mol. The Morgan fingerprint density at radius 2 is 1.94 bits per heavy atom. The zero-order chi connectivity index (χ0) is 22.5. The van der Waals surface area contributed by atoms with Crippen LogP contribution < -0.4 is 10.6 Å². The summed E-state index contributed by atoms with van der Waals surface area (Å²) in [5.74, 6) is -1.77. The molecule has 0 saturated carbocycles. The SMILES string of the molecule is O=C(Nc1ncc(Cc2ccc(F)cc2F)s1)C1CCCN(C(=O)Nc2ccccc2)C1. The van der Waals surface area contributed by atoms with Gasteiger partial charge in [0.2, 0.25) is 5.91 Å². The van der Waals surface area contributed by atoms with Crippen LogP contribution in [0.25, 0.3) is 0 Å². The van der Waals surface area contributed by atoms with E-state index < -0.39 is 11.6 Å². The lowest BCUT2D eigenvalue weighted by molar-refractivity contribution is -0.121. The number of urea groups is 1. The van der Waals surface area contributed by atoms with Crippen LogP contribution in [0.5, 0.6) is 0 Å². The normalized spacial score (nSPS) is 15.9. The largest absolute Gasteiger partial charge is 0.324 e. The van der Waals surface area contributed by atoms with Gasteiger partial charge in [-0.05, 0) is 36.6 Å². The minimum atomic E-state index is -0.623. The summed E-state index contributed by atoms with van der Waals surface area (Å²) < 4.78 is 26.9. The van der Waals surface area contributed by atoms with Gasteiger partial charge in [0, 0.05) is 42.3 Å². The predicted octanol–water partition coefficient (Wildman–Crippen LogP) is 4.89. The van der Waals surface area contributed by atoms with E-state index in [1.165, 1.54) is 23.5 Å². The Morgan fingerprint density at radius 1 is 1.12 bits per heavy atom. The van der Waals surface area contributed by atoms with E-state index in [9.17, 15) is 18.4 Å². The number of benzene rings is 2. The van der Waals surface area contributed by atoms with Gasteiger partial charge in [-0.1, -0.05) is 24.3 Å². The first-order valence-corrected chi connectivity index (χ1v) is 11.1. The highest BCUT2D eigenvalue weighted by molar-refractivity contribution is 7.15. The number of nitrogens with zero attached hydrogens (tertiary/aromatic N) is 2. The first kappa shape index (κ1) is 21.9. The number of carbonyl (C=O) groups is 2. The molecule has 32 heavy (non-hydrogen) atoms. The number of carbonyl (C=O) groups excluding carboxylic acids is 2. The number of halogens is 2. The quantitative estimate of drug-likeness (QED) is 0.574. The maximum absolute atomic E-state index is 13.9. The van der Waals surface area contributed by atoms with Crippen LogP contribution in [0.2, 0.25) is 0 Å². The molecule has 0 radical (unpaired) electrons. The number of piperidine rings is 1. The van der Waals surface area contributed by atoms with Crippen molar-refractivity contribution in [2.45, 2.75) is 19.3 Å². The van der Waals surface area contributed by atoms with Crippen molar-refractivity contribution in [2.24, 2.45) is 5.92 Å². The summed E-state index contributed by atoms with van der Waals surface area (Å²) in [6, 6.07) is 12.4. The molecule has 0 spiro atoms. The number of hydrogen-bond acceptors (Lipinski definition) is 4. The molecule has 2 N–H and O–H groups in total. The molecule has 3 aromatic rings. The third-order valence-electron chi connectivity index (χ3n) is 5.27. The molecule has 1 fully saturated rings. The first-order chi connectivity index (χ1) is 15.5. The monoisotopic (exact) mass is 456 g/mol. The Balaban J connectivity index is 1.33. The molecule has 2 aromatic carbocycles. The van der Waals surface area contributed by atoms with Crippen LogP contribution in [0.1, 0.15) is 23.3 Å². The molecule has 1 unspecified atom stereocenters. The molecule has 6 nitrogen and oxygen atoms in total. The fourth-order valence-corrected chi connectivity index (χ4v) is 4.45. The van der Waals surface area contributed by atoms with E-state index in [4.69, 9.17) is 0 Å². The van der Waals surface area contributed by atoms with Crippen molar-refractivity contribution in [2.75, 3.05) is 23.7 Å². The molecule has 1 aromatic heterocycles. The lowest BCUT2D eigenvalue weighted by Crippen LogP contribution is -2.45. The fraction of sp³-hybridized carbons (Fsp3) is 0.261. The van der Waals surface area contributed by atoms with Gasteiger partial charge in [0.05, 0.1) is 5.92 Å². The van der Waals surface area contributed by atoms with Gasteiger partial charge in [-0.25, -0.2) is 18.6 Å². The Bertz CT molecular complexity index is 1110. The minimum absolute atomic E-state index is 0.198. The molecule has 1 aliphatic heterocycles. The van der Waals surface area contributed by atoms with Crippen LogP contribution in [0.4, 0.5) is 24.4 Å². The van der Waals surface area contributed by atoms with Crippen molar-refractivity contribution in [1.29, 1.82) is 0 Å². The number of hydrogen-bond donors (Lipinski definition) is 2. The predicted molar refractivity (Wildman–Crippen MR) is 120 cm³/mol. The van der Waals surface area contributed by atoms with E-state index >= 15 is 0 Å². The third kappa shape index (κ3) is 5.47. The van der Waals surface area contributed by atoms with Crippen molar-refractivity contribution < 1.29 is 18.4 Å². The van der Waals surface area contributed by atoms with E-state index in [0.29, 0.717) is 35.9 Å². The number of amides is 3. The summed E-state index contributed by atoms with van der Waals surface area (Å²) in [7, 11) is 0. The molecule has 9 heteroatoms. The number of thiazole rings is 1. The molecule has 4 rings (SSSR count). The molecular formula is C23H22F2N4O2S. The Kier molecular flexibility index (Phi) is 6.75. The van der Waals surface area contributed by atoms with Crippen LogP contribution in [-0.4, -0.2) is 34.9 Å². The smallest absolute Gasteiger partial charge is 0.321 e. The van der Waals surface area contributed by atoms with Gasteiger partial charge in [-0.3, -0.25) is 4.79 Å². The number of rotatable bonds is 5.